The molecule has 0 saturated heterocycles. The van der Waals surface area contributed by atoms with E-state index in [4.69, 9.17) is 9.97 Å². The molecule has 6 heteroatoms. The fourth-order valence-electron chi connectivity index (χ4n) is 3.71. The van der Waals surface area contributed by atoms with Crippen LogP contribution in [0, 0.1) is 0 Å². The molecule has 1 N–H and O–H groups in total. The molecule has 0 spiro atoms. The Kier molecular flexibility index (Phi) is 5.04. The molecule has 4 aromatic rings. The SMILES string of the molecule is CC(=O)N(Cc1ccc(Nc2nc(-c3ccncc3)nc3ccccc23)cc1)C1CC1. The summed E-state index contributed by atoms with van der Waals surface area (Å²) in [5.41, 5.74) is 3.86. The van der Waals surface area contributed by atoms with Crippen molar-refractivity contribution in [3.05, 3.63) is 78.6 Å². The molecule has 0 radical (unpaired) electrons. The van der Waals surface area contributed by atoms with Crippen LogP contribution in [0.1, 0.15) is 25.3 Å². The minimum absolute atomic E-state index is 0.140. The number of aromatic nitrogens is 3. The van der Waals surface area contributed by atoms with Gasteiger partial charge in [0.25, 0.3) is 0 Å². The number of carbonyl (C=O) groups is 1. The fraction of sp³-hybridized carbons (Fsp3) is 0.200. The van der Waals surface area contributed by atoms with Crippen LogP contribution in [0.4, 0.5) is 11.5 Å². The van der Waals surface area contributed by atoms with E-state index in [0.29, 0.717) is 18.4 Å². The fourth-order valence-corrected chi connectivity index (χ4v) is 3.71. The van der Waals surface area contributed by atoms with E-state index in [1.165, 1.54) is 0 Å². The zero-order chi connectivity index (χ0) is 21.2. The zero-order valence-electron chi connectivity index (χ0n) is 17.3. The molecule has 0 unspecified atom stereocenters. The Labute approximate surface area is 181 Å². The van der Waals surface area contributed by atoms with Gasteiger partial charge in [-0.1, -0.05) is 24.3 Å². The third kappa shape index (κ3) is 4.23. The molecular formula is C25H23N5O. The highest BCUT2D eigenvalue weighted by Crippen LogP contribution is 2.30. The van der Waals surface area contributed by atoms with E-state index in [-0.39, 0.29) is 5.91 Å². The number of nitrogens with zero attached hydrogens (tertiary/aromatic N) is 4. The van der Waals surface area contributed by atoms with Gasteiger partial charge in [0, 0.05) is 48.5 Å². The summed E-state index contributed by atoms with van der Waals surface area (Å²) in [6, 6.07) is 20.4. The number of hydrogen-bond donors (Lipinski definition) is 1. The Morgan fingerprint density at radius 2 is 1.74 bits per heavy atom. The maximum absolute atomic E-state index is 11.9. The lowest BCUT2D eigenvalue weighted by Gasteiger charge is -2.20. The van der Waals surface area contributed by atoms with Crippen molar-refractivity contribution in [2.24, 2.45) is 0 Å². The van der Waals surface area contributed by atoms with Gasteiger partial charge in [0.15, 0.2) is 5.82 Å². The first-order valence-electron chi connectivity index (χ1n) is 10.5. The molecule has 1 fully saturated rings. The maximum atomic E-state index is 11.9. The summed E-state index contributed by atoms with van der Waals surface area (Å²) in [5.74, 6) is 1.55. The van der Waals surface area contributed by atoms with Gasteiger partial charge in [0.1, 0.15) is 5.82 Å². The predicted molar refractivity (Wildman–Crippen MR) is 122 cm³/mol. The van der Waals surface area contributed by atoms with Gasteiger partial charge < -0.3 is 10.2 Å². The zero-order valence-corrected chi connectivity index (χ0v) is 17.3. The van der Waals surface area contributed by atoms with E-state index in [1.807, 2.05) is 53.4 Å². The van der Waals surface area contributed by atoms with Gasteiger partial charge in [0.05, 0.1) is 5.52 Å². The summed E-state index contributed by atoms with van der Waals surface area (Å²) in [5, 5.41) is 4.41. The van der Waals surface area contributed by atoms with Crippen LogP contribution < -0.4 is 5.32 Å². The van der Waals surface area contributed by atoms with E-state index in [1.54, 1.807) is 19.3 Å². The molecule has 1 aliphatic carbocycles. The number of rotatable bonds is 6. The van der Waals surface area contributed by atoms with E-state index in [2.05, 4.69) is 22.4 Å². The van der Waals surface area contributed by atoms with Crippen molar-refractivity contribution in [3.63, 3.8) is 0 Å². The smallest absolute Gasteiger partial charge is 0.219 e. The second kappa shape index (κ2) is 8.14. The van der Waals surface area contributed by atoms with Gasteiger partial charge in [-0.2, -0.15) is 0 Å². The minimum Gasteiger partial charge on any atom is -0.340 e. The maximum Gasteiger partial charge on any atom is 0.219 e. The molecule has 0 atom stereocenters. The molecule has 2 heterocycles. The van der Waals surface area contributed by atoms with Crippen LogP contribution in [-0.2, 0) is 11.3 Å². The summed E-state index contributed by atoms with van der Waals surface area (Å²) in [7, 11) is 0. The molecule has 1 amide bonds. The van der Waals surface area contributed by atoms with E-state index < -0.39 is 0 Å². The van der Waals surface area contributed by atoms with Gasteiger partial charge in [-0.05, 0) is 54.8 Å². The van der Waals surface area contributed by atoms with Gasteiger partial charge >= 0.3 is 0 Å². The van der Waals surface area contributed by atoms with Gasteiger partial charge in [0.2, 0.25) is 5.91 Å². The van der Waals surface area contributed by atoms with Gasteiger partial charge in [-0.3, -0.25) is 9.78 Å². The number of fused-ring (bicyclic) bond motifs is 1. The number of nitrogens with one attached hydrogen (secondary N) is 1. The van der Waals surface area contributed by atoms with E-state index in [9.17, 15) is 4.79 Å². The molecule has 2 aromatic heterocycles. The number of hydrogen-bond acceptors (Lipinski definition) is 5. The lowest BCUT2D eigenvalue weighted by molar-refractivity contribution is -0.130. The number of para-hydroxylation sites is 1. The second-order valence-corrected chi connectivity index (χ2v) is 7.85. The van der Waals surface area contributed by atoms with Crippen LogP contribution in [0.2, 0.25) is 0 Å². The first-order valence-corrected chi connectivity index (χ1v) is 10.5. The number of benzene rings is 2. The molecule has 0 bridgehead atoms. The first kappa shape index (κ1) is 19.2. The molecule has 0 aliphatic heterocycles. The van der Waals surface area contributed by atoms with Crippen LogP contribution in [0.5, 0.6) is 0 Å². The lowest BCUT2D eigenvalue weighted by Crippen LogP contribution is -2.30. The minimum atomic E-state index is 0.140. The summed E-state index contributed by atoms with van der Waals surface area (Å²) in [4.78, 5) is 27.5. The molecular weight excluding hydrogens is 386 g/mol. The number of anilines is 2. The average molecular weight is 409 g/mol. The highest BCUT2D eigenvalue weighted by molar-refractivity contribution is 5.92. The van der Waals surface area contributed by atoms with E-state index in [0.717, 1.165) is 46.4 Å². The van der Waals surface area contributed by atoms with Crippen LogP contribution >= 0.6 is 0 Å². The van der Waals surface area contributed by atoms with Crippen LogP contribution in [0.25, 0.3) is 22.3 Å². The summed E-state index contributed by atoms with van der Waals surface area (Å²) >= 11 is 0. The number of carbonyl (C=O) groups excluding carboxylic acids is 1. The van der Waals surface area contributed by atoms with Crippen LogP contribution in [0.15, 0.2) is 73.1 Å². The van der Waals surface area contributed by atoms with Gasteiger partial charge in [-0.25, -0.2) is 9.97 Å². The topological polar surface area (TPSA) is 71.0 Å². The van der Waals surface area contributed by atoms with Crippen LogP contribution in [0.3, 0.4) is 0 Å². The summed E-state index contributed by atoms with van der Waals surface area (Å²) in [6.45, 7) is 2.30. The third-order valence-electron chi connectivity index (χ3n) is 5.50. The molecule has 154 valence electrons. The molecule has 5 rings (SSSR count). The molecule has 2 aromatic carbocycles. The van der Waals surface area contributed by atoms with Crippen molar-refractivity contribution in [1.29, 1.82) is 0 Å². The first-order chi connectivity index (χ1) is 15.2. The number of pyridine rings is 1. The highest BCUT2D eigenvalue weighted by atomic mass is 16.2. The quantitative estimate of drug-likeness (QED) is 0.488. The third-order valence-corrected chi connectivity index (χ3v) is 5.50. The lowest BCUT2D eigenvalue weighted by atomic mass is 10.1. The highest BCUT2D eigenvalue weighted by Gasteiger charge is 2.30. The van der Waals surface area contributed by atoms with Crippen molar-refractivity contribution in [2.75, 3.05) is 5.32 Å². The Morgan fingerprint density at radius 3 is 2.45 bits per heavy atom. The molecule has 1 saturated carbocycles. The summed E-state index contributed by atoms with van der Waals surface area (Å²) in [6.07, 6.45) is 5.71. The Balaban J connectivity index is 1.43. The normalized spacial score (nSPS) is 13.2. The largest absolute Gasteiger partial charge is 0.340 e. The predicted octanol–water partition coefficient (Wildman–Crippen LogP) is 4.95. The summed E-state index contributed by atoms with van der Waals surface area (Å²) < 4.78 is 0. The van der Waals surface area contributed by atoms with Crippen molar-refractivity contribution in [2.45, 2.75) is 32.4 Å². The Hall–Kier alpha value is -3.80. The van der Waals surface area contributed by atoms with Crippen molar-refractivity contribution >= 4 is 28.3 Å². The van der Waals surface area contributed by atoms with Crippen molar-refractivity contribution in [3.8, 4) is 11.4 Å². The van der Waals surface area contributed by atoms with Gasteiger partial charge in [-0.15, -0.1) is 0 Å². The number of amides is 1. The average Bonchev–Trinajstić information content (AvgIpc) is 3.64. The van der Waals surface area contributed by atoms with Crippen LogP contribution in [-0.4, -0.2) is 31.8 Å². The molecule has 6 nitrogen and oxygen atoms in total. The molecule has 1 aliphatic rings. The standard InChI is InChI=1S/C25H23N5O/c1-17(31)30(21-10-11-21)16-18-6-8-20(9-7-18)27-25-22-4-2-3-5-23(22)28-24(29-25)19-12-14-26-15-13-19/h2-9,12-15,21H,10-11,16H2,1H3,(H,27,28,29). The monoisotopic (exact) mass is 409 g/mol. The molecule has 31 heavy (non-hydrogen) atoms. The second-order valence-electron chi connectivity index (χ2n) is 7.85. The van der Waals surface area contributed by atoms with E-state index >= 15 is 0 Å². The van der Waals surface area contributed by atoms with Crippen molar-refractivity contribution in [1.82, 2.24) is 19.9 Å². The Bertz CT molecular complexity index is 1220. The van der Waals surface area contributed by atoms with Crippen molar-refractivity contribution < 1.29 is 4.79 Å². The Morgan fingerprint density at radius 1 is 1.00 bits per heavy atom.